The van der Waals surface area contributed by atoms with Crippen molar-refractivity contribution in [2.24, 2.45) is 5.92 Å². The average Bonchev–Trinajstić information content (AvgIpc) is 3.58. The molecule has 0 saturated heterocycles. The SMILES string of the molecule is O=C(CC1CCCC1)Nc1ccn(CCC(F)Cn2cc(C(=O)NCc3ncccc3F)nn2)c(=O)c1F. The molecule has 1 saturated carbocycles. The molecule has 2 N–H and O–H groups in total. The molecular weight excluding hydrogens is 503 g/mol. The van der Waals surface area contributed by atoms with E-state index in [9.17, 15) is 27.6 Å². The van der Waals surface area contributed by atoms with Crippen LogP contribution in [0.2, 0.25) is 0 Å². The molecule has 1 aliphatic rings. The Morgan fingerprint density at radius 3 is 2.74 bits per heavy atom. The van der Waals surface area contributed by atoms with Gasteiger partial charge in [-0.15, -0.1) is 5.10 Å². The molecule has 1 aliphatic carbocycles. The van der Waals surface area contributed by atoms with Crippen LogP contribution in [0.5, 0.6) is 0 Å². The Balaban J connectivity index is 1.25. The molecule has 13 heteroatoms. The van der Waals surface area contributed by atoms with Crippen molar-refractivity contribution in [1.29, 1.82) is 0 Å². The lowest BCUT2D eigenvalue weighted by molar-refractivity contribution is -0.117. The Labute approximate surface area is 216 Å². The van der Waals surface area contributed by atoms with Crippen molar-refractivity contribution in [3.05, 3.63) is 70.2 Å². The van der Waals surface area contributed by atoms with E-state index in [0.29, 0.717) is 6.42 Å². The number of amides is 2. The van der Waals surface area contributed by atoms with Crippen LogP contribution in [-0.4, -0.2) is 42.5 Å². The monoisotopic (exact) mass is 531 g/mol. The molecule has 0 aromatic carbocycles. The van der Waals surface area contributed by atoms with E-state index in [1.54, 1.807) is 0 Å². The van der Waals surface area contributed by atoms with Crippen LogP contribution in [0, 0.1) is 17.6 Å². The third kappa shape index (κ3) is 7.05. The summed E-state index contributed by atoms with van der Waals surface area (Å²) in [5, 5.41) is 12.3. The van der Waals surface area contributed by atoms with Gasteiger partial charge in [-0.25, -0.2) is 13.5 Å². The Morgan fingerprint density at radius 2 is 1.97 bits per heavy atom. The van der Waals surface area contributed by atoms with Crippen LogP contribution in [0.25, 0.3) is 0 Å². The number of nitrogens with zero attached hydrogens (tertiary/aromatic N) is 5. The molecule has 3 aromatic heterocycles. The molecule has 3 heterocycles. The molecule has 0 spiro atoms. The third-order valence-electron chi connectivity index (χ3n) is 6.42. The van der Waals surface area contributed by atoms with Gasteiger partial charge in [-0.1, -0.05) is 18.1 Å². The summed E-state index contributed by atoms with van der Waals surface area (Å²) in [4.78, 5) is 40.6. The van der Waals surface area contributed by atoms with Crippen molar-refractivity contribution in [3.8, 4) is 0 Å². The highest BCUT2D eigenvalue weighted by molar-refractivity contribution is 5.92. The Bertz CT molecular complexity index is 1340. The highest BCUT2D eigenvalue weighted by Crippen LogP contribution is 2.27. The van der Waals surface area contributed by atoms with Crippen molar-refractivity contribution in [2.75, 3.05) is 5.32 Å². The van der Waals surface area contributed by atoms with Gasteiger partial charge in [0.1, 0.15) is 12.0 Å². The van der Waals surface area contributed by atoms with Gasteiger partial charge in [0.2, 0.25) is 11.7 Å². The standard InChI is InChI=1S/C25H28F3N7O3/c26-17(14-35-15-21(32-33-35)24(37)30-13-20-18(27)6-3-9-29-20)7-10-34-11-8-19(23(28)25(34)38)31-22(36)12-16-4-1-2-5-16/h3,6,8-9,11,15-17H,1-2,4-5,7,10,12-14H2,(H,30,37)(H,31,36). The van der Waals surface area contributed by atoms with Gasteiger partial charge in [0.25, 0.3) is 11.5 Å². The molecule has 38 heavy (non-hydrogen) atoms. The second kappa shape index (κ2) is 12.5. The van der Waals surface area contributed by atoms with Crippen molar-refractivity contribution in [2.45, 2.75) is 64.3 Å². The molecule has 4 rings (SSSR count). The lowest BCUT2D eigenvalue weighted by atomic mass is 10.0. The molecule has 3 aromatic rings. The van der Waals surface area contributed by atoms with E-state index in [4.69, 9.17) is 0 Å². The topological polar surface area (TPSA) is 124 Å². The van der Waals surface area contributed by atoms with Gasteiger partial charge < -0.3 is 15.2 Å². The minimum Gasteiger partial charge on any atom is -0.345 e. The summed E-state index contributed by atoms with van der Waals surface area (Å²) in [6.07, 6.45) is 6.74. The maximum absolute atomic E-state index is 14.6. The number of carbonyl (C=O) groups is 2. The van der Waals surface area contributed by atoms with Crippen LogP contribution in [0.1, 0.15) is 54.7 Å². The smallest absolute Gasteiger partial charge is 0.288 e. The number of hydrogen-bond donors (Lipinski definition) is 2. The van der Waals surface area contributed by atoms with E-state index >= 15 is 0 Å². The highest BCUT2D eigenvalue weighted by atomic mass is 19.1. The van der Waals surface area contributed by atoms with Crippen LogP contribution >= 0.6 is 0 Å². The molecule has 0 aliphatic heterocycles. The predicted molar refractivity (Wildman–Crippen MR) is 131 cm³/mol. The zero-order valence-electron chi connectivity index (χ0n) is 20.6. The molecular formula is C25H28F3N7O3. The number of aromatic nitrogens is 5. The normalized spacial score (nSPS) is 14.4. The van der Waals surface area contributed by atoms with Gasteiger partial charge in [0.05, 0.1) is 30.7 Å². The summed E-state index contributed by atoms with van der Waals surface area (Å²) in [6, 6.07) is 3.94. The number of carbonyl (C=O) groups excluding carboxylic acids is 2. The number of nitrogens with one attached hydrogen (secondary N) is 2. The minimum atomic E-state index is -1.48. The predicted octanol–water partition coefficient (Wildman–Crippen LogP) is 2.99. The molecule has 10 nitrogen and oxygen atoms in total. The van der Waals surface area contributed by atoms with Crippen molar-refractivity contribution in [1.82, 2.24) is 29.9 Å². The summed E-state index contributed by atoms with van der Waals surface area (Å²) in [6.45, 7) is -0.509. The van der Waals surface area contributed by atoms with Crippen LogP contribution in [0.15, 0.2) is 41.6 Å². The van der Waals surface area contributed by atoms with Gasteiger partial charge in [-0.2, -0.15) is 4.39 Å². The first-order valence-corrected chi connectivity index (χ1v) is 12.4. The Morgan fingerprint density at radius 1 is 1.18 bits per heavy atom. The molecule has 0 radical (unpaired) electrons. The Kier molecular flexibility index (Phi) is 8.87. The maximum Gasteiger partial charge on any atom is 0.288 e. The van der Waals surface area contributed by atoms with Crippen LogP contribution in [-0.2, 0) is 24.4 Å². The third-order valence-corrected chi connectivity index (χ3v) is 6.42. The molecule has 1 fully saturated rings. The summed E-state index contributed by atoms with van der Waals surface area (Å²) < 4.78 is 44.9. The van der Waals surface area contributed by atoms with Gasteiger partial charge in [-0.3, -0.25) is 19.4 Å². The minimum absolute atomic E-state index is 0.0585. The first-order valence-electron chi connectivity index (χ1n) is 12.4. The number of anilines is 1. The largest absolute Gasteiger partial charge is 0.345 e. The van der Waals surface area contributed by atoms with Gasteiger partial charge in [0, 0.05) is 25.4 Å². The first-order chi connectivity index (χ1) is 18.3. The zero-order chi connectivity index (χ0) is 27.1. The van der Waals surface area contributed by atoms with Crippen molar-refractivity contribution < 1.29 is 22.8 Å². The molecule has 1 unspecified atom stereocenters. The number of pyridine rings is 2. The number of alkyl halides is 1. The second-order valence-corrected chi connectivity index (χ2v) is 9.27. The molecule has 1 atom stereocenters. The number of halogens is 3. The van der Waals surface area contributed by atoms with Crippen molar-refractivity contribution >= 4 is 17.5 Å². The van der Waals surface area contributed by atoms with Gasteiger partial charge in [0.15, 0.2) is 5.69 Å². The van der Waals surface area contributed by atoms with Crippen LogP contribution in [0.4, 0.5) is 18.9 Å². The quantitative estimate of drug-likeness (QED) is 0.392. The van der Waals surface area contributed by atoms with Crippen LogP contribution in [0.3, 0.4) is 0 Å². The highest BCUT2D eigenvalue weighted by Gasteiger charge is 2.20. The summed E-state index contributed by atoms with van der Waals surface area (Å²) >= 11 is 0. The van der Waals surface area contributed by atoms with Gasteiger partial charge >= 0.3 is 0 Å². The lowest BCUT2D eigenvalue weighted by Gasteiger charge is -2.13. The van der Waals surface area contributed by atoms with Gasteiger partial charge in [-0.05, 0) is 43.4 Å². The van der Waals surface area contributed by atoms with E-state index in [1.165, 1.54) is 36.8 Å². The molecule has 2 amide bonds. The van der Waals surface area contributed by atoms with Crippen LogP contribution < -0.4 is 16.2 Å². The number of hydrogen-bond acceptors (Lipinski definition) is 6. The van der Waals surface area contributed by atoms with E-state index in [-0.39, 0.29) is 55.0 Å². The fraction of sp³-hybridized carbons (Fsp3) is 0.440. The van der Waals surface area contributed by atoms with E-state index < -0.39 is 29.3 Å². The zero-order valence-corrected chi connectivity index (χ0v) is 20.6. The summed E-state index contributed by atoms with van der Waals surface area (Å²) in [7, 11) is 0. The Hall–Kier alpha value is -4.03. The molecule has 202 valence electrons. The summed E-state index contributed by atoms with van der Waals surface area (Å²) in [5.41, 5.74) is -1.18. The number of aryl methyl sites for hydroxylation is 1. The van der Waals surface area contributed by atoms with E-state index in [0.717, 1.165) is 34.9 Å². The summed E-state index contributed by atoms with van der Waals surface area (Å²) in [5.74, 6) is -2.34. The van der Waals surface area contributed by atoms with E-state index in [2.05, 4.69) is 25.9 Å². The second-order valence-electron chi connectivity index (χ2n) is 9.27. The van der Waals surface area contributed by atoms with Crippen molar-refractivity contribution in [3.63, 3.8) is 0 Å². The molecule has 0 bridgehead atoms. The lowest BCUT2D eigenvalue weighted by Crippen LogP contribution is -2.27. The van der Waals surface area contributed by atoms with E-state index in [1.807, 2.05) is 0 Å². The maximum atomic E-state index is 14.6. The fourth-order valence-corrected chi connectivity index (χ4v) is 4.37. The fourth-order valence-electron chi connectivity index (χ4n) is 4.37. The first kappa shape index (κ1) is 27.0. The number of rotatable bonds is 11. The average molecular weight is 532 g/mol.